The van der Waals surface area contributed by atoms with Crippen LogP contribution < -0.4 is 4.74 Å². The van der Waals surface area contributed by atoms with Crippen LogP contribution in [0.2, 0.25) is 4.34 Å². The van der Waals surface area contributed by atoms with Gasteiger partial charge in [0.1, 0.15) is 5.75 Å². The molecule has 5 heteroatoms. The largest absolute Gasteiger partial charge is 0.497 e. The van der Waals surface area contributed by atoms with Crippen molar-refractivity contribution in [2.75, 3.05) is 14.2 Å². The number of benzene rings is 1. The standard InChI is InChI=1S/C15H16ClNO2S/c1-10(11-4-6-12(19-3)7-5-11)17(2)15(18)13-8-9-14(16)20-13/h4-10H,1-3H3. The van der Waals surface area contributed by atoms with Gasteiger partial charge < -0.3 is 9.64 Å². The van der Waals surface area contributed by atoms with Crippen molar-refractivity contribution in [1.82, 2.24) is 4.90 Å². The molecule has 1 heterocycles. The minimum atomic E-state index is -0.0229. The van der Waals surface area contributed by atoms with E-state index in [1.165, 1.54) is 11.3 Å². The van der Waals surface area contributed by atoms with Gasteiger partial charge in [-0.3, -0.25) is 4.79 Å². The number of hydrogen-bond donors (Lipinski definition) is 0. The third-order valence-electron chi connectivity index (χ3n) is 3.28. The average Bonchev–Trinajstić information content (AvgIpc) is 2.91. The molecule has 1 amide bonds. The van der Waals surface area contributed by atoms with Crippen molar-refractivity contribution < 1.29 is 9.53 Å². The zero-order valence-electron chi connectivity index (χ0n) is 11.6. The molecule has 0 spiro atoms. The number of amides is 1. The molecular formula is C15H16ClNO2S. The highest BCUT2D eigenvalue weighted by molar-refractivity contribution is 7.17. The van der Waals surface area contributed by atoms with Gasteiger partial charge in [0.25, 0.3) is 5.91 Å². The van der Waals surface area contributed by atoms with Gasteiger partial charge in [0.05, 0.1) is 22.4 Å². The highest BCUT2D eigenvalue weighted by Crippen LogP contribution is 2.27. The molecule has 1 unspecified atom stereocenters. The van der Waals surface area contributed by atoms with E-state index in [4.69, 9.17) is 16.3 Å². The van der Waals surface area contributed by atoms with Gasteiger partial charge >= 0.3 is 0 Å². The van der Waals surface area contributed by atoms with E-state index >= 15 is 0 Å². The third-order valence-corrected chi connectivity index (χ3v) is 4.50. The van der Waals surface area contributed by atoms with E-state index in [9.17, 15) is 4.79 Å². The second-order valence-corrected chi connectivity index (χ2v) is 6.18. The van der Waals surface area contributed by atoms with E-state index in [0.717, 1.165) is 11.3 Å². The summed E-state index contributed by atoms with van der Waals surface area (Å²) in [5.74, 6) is 0.783. The van der Waals surface area contributed by atoms with Crippen LogP contribution in [0, 0.1) is 0 Å². The minimum Gasteiger partial charge on any atom is -0.497 e. The van der Waals surface area contributed by atoms with Crippen LogP contribution in [0.25, 0.3) is 0 Å². The molecule has 0 aliphatic carbocycles. The van der Waals surface area contributed by atoms with Gasteiger partial charge in [-0.1, -0.05) is 23.7 Å². The SMILES string of the molecule is COc1ccc(C(C)N(C)C(=O)c2ccc(Cl)s2)cc1. The van der Waals surface area contributed by atoms with Crippen molar-refractivity contribution in [3.63, 3.8) is 0 Å². The Morgan fingerprint density at radius 1 is 1.25 bits per heavy atom. The second-order valence-electron chi connectivity index (χ2n) is 4.47. The van der Waals surface area contributed by atoms with Gasteiger partial charge in [0.15, 0.2) is 0 Å². The number of rotatable bonds is 4. The summed E-state index contributed by atoms with van der Waals surface area (Å²) in [7, 11) is 3.43. The average molecular weight is 310 g/mol. The van der Waals surface area contributed by atoms with Crippen LogP contribution in [0.1, 0.15) is 28.2 Å². The van der Waals surface area contributed by atoms with Crippen LogP contribution in [0.4, 0.5) is 0 Å². The van der Waals surface area contributed by atoms with E-state index in [-0.39, 0.29) is 11.9 Å². The Balaban J connectivity index is 2.14. The minimum absolute atomic E-state index is 0.0192. The van der Waals surface area contributed by atoms with Crippen molar-refractivity contribution in [1.29, 1.82) is 0 Å². The van der Waals surface area contributed by atoms with Crippen molar-refractivity contribution in [3.8, 4) is 5.75 Å². The number of nitrogens with zero attached hydrogens (tertiary/aromatic N) is 1. The molecule has 0 radical (unpaired) electrons. The van der Waals surface area contributed by atoms with E-state index in [2.05, 4.69) is 0 Å². The predicted molar refractivity (Wildman–Crippen MR) is 82.8 cm³/mol. The summed E-state index contributed by atoms with van der Waals surface area (Å²) >= 11 is 7.17. The van der Waals surface area contributed by atoms with Gasteiger partial charge in [-0.25, -0.2) is 0 Å². The monoisotopic (exact) mass is 309 g/mol. The number of carbonyl (C=O) groups is 1. The van der Waals surface area contributed by atoms with E-state index in [0.29, 0.717) is 9.21 Å². The molecule has 1 atom stereocenters. The van der Waals surface area contributed by atoms with Crippen LogP contribution in [-0.2, 0) is 0 Å². The molecule has 0 bridgehead atoms. The van der Waals surface area contributed by atoms with Gasteiger partial charge in [0.2, 0.25) is 0 Å². The summed E-state index contributed by atoms with van der Waals surface area (Å²) in [6.45, 7) is 1.99. The molecule has 0 fully saturated rings. The fourth-order valence-electron chi connectivity index (χ4n) is 1.88. The number of hydrogen-bond acceptors (Lipinski definition) is 3. The molecule has 0 aliphatic rings. The van der Waals surface area contributed by atoms with Crippen LogP contribution in [0.5, 0.6) is 5.75 Å². The first-order valence-corrected chi connectivity index (χ1v) is 7.39. The molecule has 0 aliphatic heterocycles. The Labute approximate surface area is 127 Å². The quantitative estimate of drug-likeness (QED) is 0.845. The van der Waals surface area contributed by atoms with Crippen molar-refractivity contribution in [2.24, 2.45) is 0 Å². The summed E-state index contributed by atoms with van der Waals surface area (Å²) in [5, 5.41) is 0. The molecule has 0 saturated carbocycles. The molecule has 1 aromatic heterocycles. The summed E-state index contributed by atoms with van der Waals surface area (Å²) in [4.78, 5) is 14.7. The lowest BCUT2D eigenvalue weighted by Gasteiger charge is -2.25. The fourth-order valence-corrected chi connectivity index (χ4v) is 2.91. The fraction of sp³-hybridized carbons (Fsp3) is 0.267. The Morgan fingerprint density at radius 3 is 2.40 bits per heavy atom. The second kappa shape index (κ2) is 6.29. The highest BCUT2D eigenvalue weighted by atomic mass is 35.5. The molecule has 106 valence electrons. The van der Waals surface area contributed by atoms with Gasteiger partial charge in [-0.2, -0.15) is 0 Å². The first-order chi connectivity index (χ1) is 9.52. The molecule has 2 aromatic rings. The molecule has 0 saturated heterocycles. The van der Waals surface area contributed by atoms with Gasteiger partial charge in [0, 0.05) is 7.05 Å². The lowest BCUT2D eigenvalue weighted by molar-refractivity contribution is 0.0747. The summed E-state index contributed by atoms with van der Waals surface area (Å²) in [6, 6.07) is 11.2. The zero-order valence-corrected chi connectivity index (χ0v) is 13.2. The molecular weight excluding hydrogens is 294 g/mol. The lowest BCUT2D eigenvalue weighted by atomic mass is 10.1. The Kier molecular flexibility index (Phi) is 4.68. The summed E-state index contributed by atoms with van der Waals surface area (Å²) < 4.78 is 5.76. The number of carbonyl (C=O) groups excluding carboxylic acids is 1. The van der Waals surface area contributed by atoms with Crippen LogP contribution >= 0.6 is 22.9 Å². The molecule has 2 rings (SSSR count). The van der Waals surface area contributed by atoms with Gasteiger partial charge in [-0.15, -0.1) is 11.3 Å². The van der Waals surface area contributed by atoms with Crippen LogP contribution in [0.15, 0.2) is 36.4 Å². The zero-order chi connectivity index (χ0) is 14.7. The lowest BCUT2D eigenvalue weighted by Crippen LogP contribution is -2.29. The topological polar surface area (TPSA) is 29.5 Å². The molecule has 0 N–H and O–H groups in total. The number of ether oxygens (including phenoxy) is 1. The first-order valence-electron chi connectivity index (χ1n) is 6.19. The molecule has 3 nitrogen and oxygen atoms in total. The maximum Gasteiger partial charge on any atom is 0.264 e. The summed E-state index contributed by atoms with van der Waals surface area (Å²) in [5.41, 5.74) is 1.06. The Hall–Kier alpha value is -1.52. The van der Waals surface area contributed by atoms with Gasteiger partial charge in [-0.05, 0) is 36.8 Å². The predicted octanol–water partition coefficient (Wildman–Crippen LogP) is 4.24. The number of methoxy groups -OCH3 is 1. The molecule has 20 heavy (non-hydrogen) atoms. The van der Waals surface area contributed by atoms with Crippen molar-refractivity contribution >= 4 is 28.8 Å². The molecule has 1 aromatic carbocycles. The van der Waals surface area contributed by atoms with Crippen molar-refractivity contribution in [2.45, 2.75) is 13.0 Å². The van der Waals surface area contributed by atoms with E-state index in [1.807, 2.05) is 31.2 Å². The summed E-state index contributed by atoms with van der Waals surface area (Å²) in [6.07, 6.45) is 0. The normalized spacial score (nSPS) is 12.0. The third kappa shape index (κ3) is 3.14. The Bertz CT molecular complexity index is 594. The van der Waals surface area contributed by atoms with E-state index < -0.39 is 0 Å². The Morgan fingerprint density at radius 2 is 1.90 bits per heavy atom. The smallest absolute Gasteiger partial charge is 0.264 e. The number of thiophene rings is 1. The van der Waals surface area contributed by atoms with Crippen molar-refractivity contribution in [3.05, 3.63) is 51.2 Å². The van der Waals surface area contributed by atoms with Crippen LogP contribution in [-0.4, -0.2) is 25.0 Å². The maximum atomic E-state index is 12.3. The van der Waals surface area contributed by atoms with E-state index in [1.54, 1.807) is 31.2 Å². The maximum absolute atomic E-state index is 12.3. The highest BCUT2D eigenvalue weighted by Gasteiger charge is 2.20. The van der Waals surface area contributed by atoms with Crippen LogP contribution in [0.3, 0.4) is 0 Å². The number of halogens is 1. The first kappa shape index (κ1) is 14.9.